The summed E-state index contributed by atoms with van der Waals surface area (Å²) in [5.74, 6) is 0.0875. The second kappa shape index (κ2) is 6.68. The monoisotopic (exact) mass is 262 g/mol. The van der Waals surface area contributed by atoms with Crippen LogP contribution in [0, 0.1) is 0 Å². The lowest BCUT2D eigenvalue weighted by molar-refractivity contribution is 0.0779. The molecule has 1 amide bonds. The molecule has 4 nitrogen and oxygen atoms in total. The fraction of sp³-hybridized carbons (Fsp3) is 0.533. The summed E-state index contributed by atoms with van der Waals surface area (Å²) in [5, 5.41) is 3.34. The number of rotatable bonds is 5. The second-order valence-corrected chi connectivity index (χ2v) is 4.98. The Labute approximate surface area is 114 Å². The largest absolute Gasteiger partial charge is 0.385 e. The summed E-state index contributed by atoms with van der Waals surface area (Å²) >= 11 is 0. The van der Waals surface area contributed by atoms with Crippen molar-refractivity contribution >= 4 is 5.91 Å². The SMILES string of the molecule is COCCCN(C)C(=O)c1ccc2c(c1)CNCC2. The average molecular weight is 262 g/mol. The Morgan fingerprint density at radius 3 is 3.05 bits per heavy atom. The minimum atomic E-state index is 0.0875. The molecule has 0 aliphatic carbocycles. The summed E-state index contributed by atoms with van der Waals surface area (Å²) < 4.78 is 5.01. The average Bonchev–Trinajstić information content (AvgIpc) is 2.46. The van der Waals surface area contributed by atoms with E-state index in [-0.39, 0.29) is 5.91 Å². The topological polar surface area (TPSA) is 41.6 Å². The third kappa shape index (κ3) is 3.55. The van der Waals surface area contributed by atoms with Gasteiger partial charge in [-0.15, -0.1) is 0 Å². The first-order valence-electron chi connectivity index (χ1n) is 6.79. The maximum atomic E-state index is 12.3. The van der Waals surface area contributed by atoms with Crippen molar-refractivity contribution in [2.75, 3.05) is 33.9 Å². The standard InChI is InChI=1S/C15H22N2O2/c1-17(8-3-9-19-2)15(18)13-5-4-12-6-7-16-11-14(12)10-13/h4-5,10,16H,3,6-9,11H2,1-2H3. The van der Waals surface area contributed by atoms with Gasteiger partial charge in [0.05, 0.1) is 0 Å². The van der Waals surface area contributed by atoms with Gasteiger partial charge in [-0.05, 0) is 42.6 Å². The van der Waals surface area contributed by atoms with Crippen LogP contribution in [0.3, 0.4) is 0 Å². The van der Waals surface area contributed by atoms with Crippen LogP contribution in [-0.4, -0.2) is 44.7 Å². The number of nitrogens with one attached hydrogen (secondary N) is 1. The van der Waals surface area contributed by atoms with E-state index < -0.39 is 0 Å². The third-order valence-corrected chi connectivity index (χ3v) is 3.53. The minimum Gasteiger partial charge on any atom is -0.385 e. The molecule has 0 atom stereocenters. The number of carbonyl (C=O) groups excluding carboxylic acids is 1. The molecule has 0 saturated carbocycles. The van der Waals surface area contributed by atoms with Gasteiger partial charge in [0.25, 0.3) is 5.91 Å². The molecule has 104 valence electrons. The Bertz CT molecular complexity index is 446. The van der Waals surface area contributed by atoms with Crippen LogP contribution in [0.15, 0.2) is 18.2 Å². The minimum absolute atomic E-state index is 0.0875. The fourth-order valence-electron chi connectivity index (χ4n) is 2.38. The van der Waals surface area contributed by atoms with E-state index in [2.05, 4.69) is 11.4 Å². The first kappa shape index (κ1) is 14.0. The Morgan fingerprint density at radius 2 is 2.26 bits per heavy atom. The number of hydrogen-bond donors (Lipinski definition) is 1. The van der Waals surface area contributed by atoms with E-state index >= 15 is 0 Å². The number of carbonyl (C=O) groups is 1. The molecule has 1 heterocycles. The van der Waals surface area contributed by atoms with Gasteiger partial charge in [-0.2, -0.15) is 0 Å². The van der Waals surface area contributed by atoms with Crippen LogP contribution in [0.25, 0.3) is 0 Å². The number of nitrogens with zero attached hydrogens (tertiary/aromatic N) is 1. The Morgan fingerprint density at radius 1 is 1.42 bits per heavy atom. The normalized spacial score (nSPS) is 14.0. The van der Waals surface area contributed by atoms with E-state index in [9.17, 15) is 4.79 Å². The molecule has 1 aliphatic heterocycles. The smallest absolute Gasteiger partial charge is 0.253 e. The first-order valence-corrected chi connectivity index (χ1v) is 6.79. The number of methoxy groups -OCH3 is 1. The second-order valence-electron chi connectivity index (χ2n) is 4.98. The Hall–Kier alpha value is -1.39. The summed E-state index contributed by atoms with van der Waals surface area (Å²) in [6.07, 6.45) is 1.92. The van der Waals surface area contributed by atoms with Crippen molar-refractivity contribution < 1.29 is 9.53 Å². The maximum Gasteiger partial charge on any atom is 0.253 e. The highest BCUT2D eigenvalue weighted by Gasteiger charge is 2.15. The molecular weight excluding hydrogens is 240 g/mol. The van der Waals surface area contributed by atoms with Crippen molar-refractivity contribution in [3.63, 3.8) is 0 Å². The van der Waals surface area contributed by atoms with E-state index in [1.807, 2.05) is 19.2 Å². The van der Waals surface area contributed by atoms with Crippen LogP contribution in [-0.2, 0) is 17.7 Å². The first-order chi connectivity index (χ1) is 9.22. The number of amides is 1. The zero-order chi connectivity index (χ0) is 13.7. The zero-order valence-corrected chi connectivity index (χ0v) is 11.7. The molecule has 1 aromatic carbocycles. The fourth-order valence-corrected chi connectivity index (χ4v) is 2.38. The maximum absolute atomic E-state index is 12.3. The molecule has 1 N–H and O–H groups in total. The van der Waals surface area contributed by atoms with Crippen LogP contribution in [0.5, 0.6) is 0 Å². The summed E-state index contributed by atoms with van der Waals surface area (Å²) in [4.78, 5) is 14.1. The number of fused-ring (bicyclic) bond motifs is 1. The number of benzene rings is 1. The van der Waals surface area contributed by atoms with Gasteiger partial charge in [0.2, 0.25) is 0 Å². The summed E-state index contributed by atoms with van der Waals surface area (Å²) in [5.41, 5.74) is 3.39. The van der Waals surface area contributed by atoms with E-state index in [4.69, 9.17) is 4.74 Å². The third-order valence-electron chi connectivity index (χ3n) is 3.53. The van der Waals surface area contributed by atoms with Gasteiger partial charge in [-0.3, -0.25) is 4.79 Å². The number of ether oxygens (including phenoxy) is 1. The molecule has 4 heteroatoms. The highest BCUT2D eigenvalue weighted by atomic mass is 16.5. The van der Waals surface area contributed by atoms with Crippen molar-refractivity contribution in [3.05, 3.63) is 34.9 Å². The van der Waals surface area contributed by atoms with Crippen LogP contribution >= 0.6 is 0 Å². The Balaban J connectivity index is 2.02. The van der Waals surface area contributed by atoms with Crippen LogP contribution < -0.4 is 5.32 Å². The van der Waals surface area contributed by atoms with E-state index in [0.29, 0.717) is 6.61 Å². The van der Waals surface area contributed by atoms with Gasteiger partial charge < -0.3 is 15.0 Å². The van der Waals surface area contributed by atoms with Gasteiger partial charge in [0.15, 0.2) is 0 Å². The van der Waals surface area contributed by atoms with Crippen LogP contribution in [0.1, 0.15) is 27.9 Å². The van der Waals surface area contributed by atoms with Crippen molar-refractivity contribution in [2.45, 2.75) is 19.4 Å². The van der Waals surface area contributed by atoms with Gasteiger partial charge >= 0.3 is 0 Å². The van der Waals surface area contributed by atoms with Crippen LogP contribution in [0.2, 0.25) is 0 Å². The summed E-state index contributed by atoms with van der Waals surface area (Å²) in [6.45, 7) is 3.30. The summed E-state index contributed by atoms with van der Waals surface area (Å²) in [6, 6.07) is 6.06. The number of hydrogen-bond acceptors (Lipinski definition) is 3. The molecule has 0 saturated heterocycles. The van der Waals surface area contributed by atoms with Gasteiger partial charge in [0.1, 0.15) is 0 Å². The highest BCUT2D eigenvalue weighted by molar-refractivity contribution is 5.94. The lowest BCUT2D eigenvalue weighted by atomic mass is 9.98. The van der Waals surface area contributed by atoms with E-state index in [1.165, 1.54) is 11.1 Å². The molecule has 0 aromatic heterocycles. The van der Waals surface area contributed by atoms with E-state index in [1.54, 1.807) is 12.0 Å². The molecule has 19 heavy (non-hydrogen) atoms. The lowest BCUT2D eigenvalue weighted by Crippen LogP contribution is -2.29. The van der Waals surface area contributed by atoms with E-state index in [0.717, 1.165) is 38.0 Å². The molecule has 0 unspecified atom stereocenters. The van der Waals surface area contributed by atoms with Crippen molar-refractivity contribution in [1.82, 2.24) is 10.2 Å². The predicted octanol–water partition coefficient (Wildman–Crippen LogP) is 1.44. The Kier molecular flexibility index (Phi) is 4.93. The van der Waals surface area contributed by atoms with Crippen molar-refractivity contribution in [2.24, 2.45) is 0 Å². The van der Waals surface area contributed by atoms with Gasteiger partial charge in [-0.25, -0.2) is 0 Å². The predicted molar refractivity (Wildman–Crippen MR) is 75.3 cm³/mol. The molecule has 0 spiro atoms. The quantitative estimate of drug-likeness (QED) is 0.816. The summed E-state index contributed by atoms with van der Waals surface area (Å²) in [7, 11) is 3.52. The molecule has 1 aromatic rings. The van der Waals surface area contributed by atoms with Crippen molar-refractivity contribution in [3.8, 4) is 0 Å². The zero-order valence-electron chi connectivity index (χ0n) is 11.7. The highest BCUT2D eigenvalue weighted by Crippen LogP contribution is 2.16. The molecule has 1 aliphatic rings. The molecule has 2 rings (SSSR count). The van der Waals surface area contributed by atoms with Crippen molar-refractivity contribution in [1.29, 1.82) is 0 Å². The van der Waals surface area contributed by atoms with Crippen LogP contribution in [0.4, 0.5) is 0 Å². The molecule has 0 bridgehead atoms. The molecule has 0 radical (unpaired) electrons. The lowest BCUT2D eigenvalue weighted by Gasteiger charge is -2.20. The van der Waals surface area contributed by atoms with Gasteiger partial charge in [-0.1, -0.05) is 6.07 Å². The molecule has 0 fully saturated rings. The molecular formula is C15H22N2O2. The van der Waals surface area contributed by atoms with Gasteiger partial charge in [0, 0.05) is 39.4 Å².